The monoisotopic (exact) mass is 341 g/mol. The van der Waals surface area contributed by atoms with E-state index in [-0.39, 0.29) is 11.7 Å². The summed E-state index contributed by atoms with van der Waals surface area (Å²) in [5.74, 6) is -0.316. The van der Waals surface area contributed by atoms with E-state index in [0.29, 0.717) is 12.1 Å². The van der Waals surface area contributed by atoms with Gasteiger partial charge in [0.1, 0.15) is 11.4 Å². The molecule has 0 aliphatic heterocycles. The van der Waals surface area contributed by atoms with E-state index in [2.05, 4.69) is 4.90 Å². The molecule has 3 heteroatoms. The van der Waals surface area contributed by atoms with Gasteiger partial charge in [-0.3, -0.25) is 0 Å². The largest absolute Gasteiger partial charge is 0.380 e. The molecule has 0 saturated heterocycles. The van der Waals surface area contributed by atoms with E-state index >= 15 is 0 Å². The van der Waals surface area contributed by atoms with E-state index < -0.39 is 5.60 Å². The van der Waals surface area contributed by atoms with Gasteiger partial charge in [-0.05, 0) is 62.3 Å². The fourth-order valence-corrected chi connectivity index (χ4v) is 3.37. The Hall–Kier alpha value is -1.97. The predicted octanol–water partition coefficient (Wildman–Crippen LogP) is 4.62. The quantitative estimate of drug-likeness (QED) is 0.828. The van der Waals surface area contributed by atoms with Crippen molar-refractivity contribution in [3.63, 3.8) is 0 Å². The van der Waals surface area contributed by atoms with Gasteiger partial charge in [0.05, 0.1) is 0 Å². The maximum atomic E-state index is 13.7. The fraction of sp³-hybridized carbons (Fsp3) is 0.364. The molecular weight excluding hydrogens is 313 g/mol. The topological polar surface area (TPSA) is 23.5 Å². The second kappa shape index (κ2) is 7.94. The summed E-state index contributed by atoms with van der Waals surface area (Å²) in [7, 11) is 3.98. The molecule has 2 atom stereocenters. The van der Waals surface area contributed by atoms with Gasteiger partial charge in [0, 0.05) is 12.5 Å². The third kappa shape index (κ3) is 4.36. The van der Waals surface area contributed by atoms with Crippen molar-refractivity contribution in [3.05, 3.63) is 76.6 Å². The number of hydrogen-bond donors (Lipinski definition) is 1. The zero-order valence-electron chi connectivity index (χ0n) is 15.8. The van der Waals surface area contributed by atoms with Gasteiger partial charge in [0.25, 0.3) is 0 Å². The minimum absolute atomic E-state index is 0.0627. The van der Waals surface area contributed by atoms with Gasteiger partial charge in [-0.1, -0.05) is 49.4 Å². The lowest BCUT2D eigenvalue weighted by atomic mass is 9.76. The van der Waals surface area contributed by atoms with Crippen LogP contribution in [-0.4, -0.2) is 30.6 Å². The average Bonchev–Trinajstić information content (AvgIpc) is 2.56. The Labute approximate surface area is 150 Å². The van der Waals surface area contributed by atoms with E-state index in [1.54, 1.807) is 19.1 Å². The van der Waals surface area contributed by atoms with Crippen LogP contribution in [0.3, 0.4) is 0 Å². The van der Waals surface area contributed by atoms with Gasteiger partial charge in [-0.2, -0.15) is 0 Å². The fourth-order valence-electron chi connectivity index (χ4n) is 3.37. The van der Waals surface area contributed by atoms with Crippen LogP contribution in [0.2, 0.25) is 0 Å². The van der Waals surface area contributed by atoms with Crippen molar-refractivity contribution in [2.45, 2.75) is 26.4 Å². The Morgan fingerprint density at radius 2 is 1.84 bits per heavy atom. The van der Waals surface area contributed by atoms with E-state index in [1.807, 2.05) is 64.4 Å². The van der Waals surface area contributed by atoms with Gasteiger partial charge < -0.3 is 10.0 Å². The van der Waals surface area contributed by atoms with Gasteiger partial charge in [-0.25, -0.2) is 4.39 Å². The van der Waals surface area contributed by atoms with Crippen LogP contribution in [0.1, 0.15) is 30.5 Å². The molecule has 2 aromatic carbocycles. The highest BCUT2D eigenvalue weighted by Gasteiger charge is 2.38. The number of halogens is 1. The molecule has 0 spiro atoms. The number of benzene rings is 2. The van der Waals surface area contributed by atoms with Gasteiger partial charge in [0.2, 0.25) is 0 Å². The molecule has 0 aliphatic rings. The SMILES string of the molecule is CC(=Cc1ccccc1)C(O)(c1ccc(F)c(C)c1)C(C)CN(C)C. The lowest BCUT2D eigenvalue weighted by Gasteiger charge is -2.37. The zero-order chi connectivity index (χ0) is 18.6. The molecule has 0 saturated carbocycles. The average molecular weight is 341 g/mol. The summed E-state index contributed by atoms with van der Waals surface area (Å²) in [5, 5.41) is 11.7. The minimum Gasteiger partial charge on any atom is -0.380 e. The Kier molecular flexibility index (Phi) is 6.15. The van der Waals surface area contributed by atoms with Crippen LogP contribution in [0, 0.1) is 18.7 Å². The second-order valence-corrected chi connectivity index (χ2v) is 7.13. The van der Waals surface area contributed by atoms with Crippen molar-refractivity contribution in [2.24, 2.45) is 5.92 Å². The molecule has 0 aliphatic carbocycles. The summed E-state index contributed by atoms with van der Waals surface area (Å²) in [4.78, 5) is 2.06. The van der Waals surface area contributed by atoms with Crippen molar-refractivity contribution >= 4 is 6.08 Å². The normalized spacial score (nSPS) is 15.9. The highest BCUT2D eigenvalue weighted by atomic mass is 19.1. The summed E-state index contributed by atoms with van der Waals surface area (Å²) >= 11 is 0. The predicted molar refractivity (Wildman–Crippen MR) is 103 cm³/mol. The van der Waals surface area contributed by atoms with Crippen molar-refractivity contribution in [1.82, 2.24) is 4.90 Å². The van der Waals surface area contributed by atoms with Crippen LogP contribution < -0.4 is 0 Å². The van der Waals surface area contributed by atoms with Crippen molar-refractivity contribution < 1.29 is 9.50 Å². The third-order valence-corrected chi connectivity index (χ3v) is 4.73. The van der Waals surface area contributed by atoms with E-state index in [9.17, 15) is 9.50 Å². The lowest BCUT2D eigenvalue weighted by Crippen LogP contribution is -2.40. The molecular formula is C22H28FNO. The number of aryl methyl sites for hydroxylation is 1. The molecule has 25 heavy (non-hydrogen) atoms. The number of aliphatic hydroxyl groups is 1. The first-order valence-electron chi connectivity index (χ1n) is 8.62. The van der Waals surface area contributed by atoms with Crippen LogP contribution in [0.5, 0.6) is 0 Å². The third-order valence-electron chi connectivity index (χ3n) is 4.73. The maximum Gasteiger partial charge on any atom is 0.126 e. The number of rotatable bonds is 6. The minimum atomic E-state index is -1.17. The smallest absolute Gasteiger partial charge is 0.126 e. The summed E-state index contributed by atoms with van der Waals surface area (Å²) in [5.41, 5.74) is 1.98. The highest BCUT2D eigenvalue weighted by Crippen LogP contribution is 2.38. The van der Waals surface area contributed by atoms with Crippen LogP contribution in [0.15, 0.2) is 54.1 Å². The van der Waals surface area contributed by atoms with Crippen LogP contribution in [0.25, 0.3) is 6.08 Å². The van der Waals surface area contributed by atoms with Gasteiger partial charge in [-0.15, -0.1) is 0 Å². The molecule has 0 amide bonds. The van der Waals surface area contributed by atoms with Crippen molar-refractivity contribution in [1.29, 1.82) is 0 Å². The number of hydrogen-bond acceptors (Lipinski definition) is 2. The van der Waals surface area contributed by atoms with Crippen molar-refractivity contribution in [2.75, 3.05) is 20.6 Å². The van der Waals surface area contributed by atoms with E-state index in [4.69, 9.17) is 0 Å². The molecule has 1 N–H and O–H groups in total. The first-order chi connectivity index (χ1) is 11.7. The molecule has 2 unspecified atom stereocenters. The molecule has 2 aromatic rings. The number of nitrogens with zero attached hydrogens (tertiary/aromatic N) is 1. The maximum absolute atomic E-state index is 13.7. The molecule has 2 rings (SSSR count). The van der Waals surface area contributed by atoms with Crippen LogP contribution in [0.4, 0.5) is 4.39 Å². The first-order valence-corrected chi connectivity index (χ1v) is 8.62. The van der Waals surface area contributed by atoms with Crippen LogP contribution >= 0.6 is 0 Å². The zero-order valence-corrected chi connectivity index (χ0v) is 15.8. The Balaban J connectivity index is 2.55. The van der Waals surface area contributed by atoms with Crippen molar-refractivity contribution in [3.8, 4) is 0 Å². The molecule has 0 radical (unpaired) electrons. The molecule has 0 heterocycles. The molecule has 0 aromatic heterocycles. The Morgan fingerprint density at radius 1 is 1.20 bits per heavy atom. The molecule has 2 nitrogen and oxygen atoms in total. The molecule has 134 valence electrons. The first kappa shape index (κ1) is 19.4. The summed E-state index contributed by atoms with van der Waals surface area (Å²) in [6.07, 6.45) is 2.00. The van der Waals surface area contributed by atoms with Crippen LogP contribution in [-0.2, 0) is 5.60 Å². The highest BCUT2D eigenvalue weighted by molar-refractivity contribution is 5.56. The van der Waals surface area contributed by atoms with E-state index in [1.165, 1.54) is 6.07 Å². The Morgan fingerprint density at radius 3 is 2.40 bits per heavy atom. The lowest BCUT2D eigenvalue weighted by molar-refractivity contribution is 0.0104. The standard InChI is InChI=1S/C22H28FNO/c1-16-13-20(11-12-21(16)23)22(25,18(3)15-24(4)5)17(2)14-19-9-7-6-8-10-19/h6-14,18,25H,15H2,1-5H3. The van der Waals surface area contributed by atoms with Gasteiger partial charge in [0.15, 0.2) is 0 Å². The second-order valence-electron chi connectivity index (χ2n) is 7.13. The summed E-state index contributed by atoms with van der Waals surface area (Å²) in [6, 6.07) is 14.8. The molecule has 0 bridgehead atoms. The molecule has 0 fully saturated rings. The van der Waals surface area contributed by atoms with E-state index in [0.717, 1.165) is 16.7 Å². The Bertz CT molecular complexity index is 739. The summed E-state index contributed by atoms with van der Waals surface area (Å²) in [6.45, 7) is 6.41. The van der Waals surface area contributed by atoms with Gasteiger partial charge >= 0.3 is 0 Å². The summed E-state index contributed by atoms with van der Waals surface area (Å²) < 4.78 is 13.7.